The van der Waals surface area contributed by atoms with Gasteiger partial charge in [-0.2, -0.15) is 10.4 Å². The summed E-state index contributed by atoms with van der Waals surface area (Å²) < 4.78 is 4.69. The smallest absolute Gasteiger partial charge is 0.198 e. The molecule has 0 N–H and O–H groups in total. The predicted octanol–water partition coefficient (Wildman–Crippen LogP) is 3.89. The molecular weight excluding hydrogens is 294 g/mol. The average Bonchev–Trinajstić information content (AvgIpc) is 2.91. The van der Waals surface area contributed by atoms with Gasteiger partial charge >= 0.3 is 0 Å². The van der Waals surface area contributed by atoms with E-state index in [0.717, 1.165) is 29.0 Å². The number of pyridine rings is 1. The minimum absolute atomic E-state index is 0.410. The van der Waals surface area contributed by atoms with Crippen LogP contribution in [0.15, 0.2) is 24.5 Å². The summed E-state index contributed by atoms with van der Waals surface area (Å²) in [4.78, 5) is 4.20. The molecule has 2 aromatic rings. The molecule has 0 radical (unpaired) electrons. The Kier molecular flexibility index (Phi) is 4.64. The molecular formula is C16H19N5S. The van der Waals surface area contributed by atoms with Crippen LogP contribution >= 0.6 is 12.2 Å². The van der Waals surface area contributed by atoms with Crippen LogP contribution in [0.1, 0.15) is 44.6 Å². The number of rotatable bonds is 4. The van der Waals surface area contributed by atoms with Crippen molar-refractivity contribution in [3.05, 3.63) is 29.3 Å². The fraction of sp³-hybridized carbons (Fsp3) is 0.500. The van der Waals surface area contributed by atoms with Gasteiger partial charge in [-0.15, -0.1) is 0 Å². The van der Waals surface area contributed by atoms with Crippen molar-refractivity contribution < 1.29 is 0 Å². The number of nitriles is 1. The zero-order valence-corrected chi connectivity index (χ0v) is 13.3. The Bertz CT molecular complexity index is 719. The van der Waals surface area contributed by atoms with Crippen LogP contribution in [0, 0.1) is 16.1 Å². The number of aryl methyl sites for hydroxylation is 1. The molecule has 5 nitrogen and oxygen atoms in total. The van der Waals surface area contributed by atoms with Gasteiger partial charge in [-0.1, -0.05) is 19.3 Å². The quantitative estimate of drug-likeness (QED) is 0.803. The van der Waals surface area contributed by atoms with E-state index < -0.39 is 0 Å². The van der Waals surface area contributed by atoms with Crippen LogP contribution in [0.25, 0.3) is 11.4 Å². The van der Waals surface area contributed by atoms with Crippen LogP contribution in [0.2, 0.25) is 0 Å². The first-order valence-corrected chi connectivity index (χ1v) is 8.19. The maximum atomic E-state index is 8.82. The Labute approximate surface area is 135 Å². The van der Waals surface area contributed by atoms with E-state index >= 15 is 0 Å². The molecule has 1 aliphatic rings. The highest BCUT2D eigenvalue weighted by atomic mass is 32.1. The van der Waals surface area contributed by atoms with Crippen molar-refractivity contribution in [2.24, 2.45) is 0 Å². The molecule has 0 unspecified atom stereocenters. The lowest BCUT2D eigenvalue weighted by Gasteiger charge is -2.24. The SMILES string of the molecule is N#CCCn1nc(-c2cccnc2)n(C2CCCCC2)c1=S. The van der Waals surface area contributed by atoms with E-state index in [1.165, 1.54) is 19.3 Å². The Balaban J connectivity index is 2.06. The van der Waals surface area contributed by atoms with E-state index in [2.05, 4.69) is 20.7 Å². The zero-order chi connectivity index (χ0) is 15.4. The first kappa shape index (κ1) is 14.9. The molecule has 0 spiro atoms. The zero-order valence-electron chi connectivity index (χ0n) is 12.5. The maximum Gasteiger partial charge on any atom is 0.198 e. The summed E-state index contributed by atoms with van der Waals surface area (Å²) in [5, 5.41) is 13.5. The van der Waals surface area contributed by atoms with Crippen molar-refractivity contribution in [1.29, 1.82) is 5.26 Å². The normalized spacial score (nSPS) is 15.6. The number of hydrogen-bond donors (Lipinski definition) is 0. The van der Waals surface area contributed by atoms with Gasteiger partial charge in [0.2, 0.25) is 0 Å². The van der Waals surface area contributed by atoms with E-state index in [1.54, 1.807) is 10.9 Å². The number of aromatic nitrogens is 4. The topological polar surface area (TPSA) is 59.4 Å². The van der Waals surface area contributed by atoms with Crippen LogP contribution < -0.4 is 0 Å². The second-order valence-electron chi connectivity index (χ2n) is 5.64. The molecule has 0 bridgehead atoms. The standard InChI is InChI=1S/C16H19N5S/c17-9-5-11-20-16(22)21(14-7-2-1-3-8-14)15(19-20)13-6-4-10-18-12-13/h4,6,10,12,14H,1-3,5,7-8,11H2. The van der Waals surface area contributed by atoms with Gasteiger partial charge in [0.15, 0.2) is 10.6 Å². The molecule has 2 aromatic heterocycles. The van der Waals surface area contributed by atoms with Crippen LogP contribution in [-0.4, -0.2) is 19.3 Å². The van der Waals surface area contributed by atoms with Crippen molar-refractivity contribution >= 4 is 12.2 Å². The molecule has 3 rings (SSSR count). The Morgan fingerprint density at radius 3 is 2.82 bits per heavy atom. The van der Waals surface area contributed by atoms with Crippen molar-refractivity contribution in [3.8, 4) is 17.5 Å². The highest BCUT2D eigenvalue weighted by Crippen LogP contribution is 2.32. The second-order valence-corrected chi connectivity index (χ2v) is 6.01. The fourth-order valence-electron chi connectivity index (χ4n) is 3.08. The molecule has 1 fully saturated rings. The van der Waals surface area contributed by atoms with E-state index in [1.807, 2.05) is 18.3 Å². The molecule has 22 heavy (non-hydrogen) atoms. The number of hydrogen-bond acceptors (Lipinski definition) is 4. The Hall–Kier alpha value is -2.00. The third-order valence-corrected chi connectivity index (χ3v) is 4.57. The molecule has 0 saturated heterocycles. The summed E-state index contributed by atoms with van der Waals surface area (Å²) in [6.07, 6.45) is 10.1. The molecule has 0 aromatic carbocycles. The molecule has 1 saturated carbocycles. The monoisotopic (exact) mass is 313 g/mol. The van der Waals surface area contributed by atoms with Gasteiger partial charge < -0.3 is 0 Å². The van der Waals surface area contributed by atoms with Gasteiger partial charge in [0.25, 0.3) is 0 Å². The molecule has 114 valence electrons. The van der Waals surface area contributed by atoms with E-state index in [0.29, 0.717) is 19.0 Å². The van der Waals surface area contributed by atoms with Crippen LogP contribution in [0.4, 0.5) is 0 Å². The average molecular weight is 313 g/mol. The third kappa shape index (κ3) is 2.95. The molecule has 1 aliphatic carbocycles. The third-order valence-electron chi connectivity index (χ3n) is 4.17. The van der Waals surface area contributed by atoms with Crippen molar-refractivity contribution in [1.82, 2.24) is 19.3 Å². The first-order valence-electron chi connectivity index (χ1n) is 7.78. The van der Waals surface area contributed by atoms with Crippen LogP contribution in [0.3, 0.4) is 0 Å². The van der Waals surface area contributed by atoms with Gasteiger partial charge in [0.1, 0.15) is 0 Å². The summed E-state index contributed by atoms with van der Waals surface area (Å²) in [7, 11) is 0. The lowest BCUT2D eigenvalue weighted by atomic mass is 9.95. The molecule has 6 heteroatoms. The summed E-state index contributed by atoms with van der Waals surface area (Å²) in [5.74, 6) is 0.878. The van der Waals surface area contributed by atoms with Gasteiger partial charge in [0, 0.05) is 24.0 Å². The largest absolute Gasteiger partial charge is 0.297 e. The summed E-state index contributed by atoms with van der Waals surface area (Å²) in [5.41, 5.74) is 0.981. The fourth-order valence-corrected chi connectivity index (χ4v) is 3.45. The van der Waals surface area contributed by atoms with Crippen LogP contribution in [-0.2, 0) is 6.54 Å². The molecule has 0 atom stereocenters. The summed E-state index contributed by atoms with van der Waals surface area (Å²) in [6, 6.07) is 6.50. The second kappa shape index (κ2) is 6.84. The van der Waals surface area contributed by atoms with Crippen LogP contribution in [0.5, 0.6) is 0 Å². The van der Waals surface area contributed by atoms with Crippen molar-refractivity contribution in [3.63, 3.8) is 0 Å². The summed E-state index contributed by atoms with van der Waals surface area (Å²) in [6.45, 7) is 0.544. The lowest BCUT2D eigenvalue weighted by molar-refractivity contribution is 0.350. The Morgan fingerprint density at radius 2 is 2.14 bits per heavy atom. The molecule has 0 amide bonds. The predicted molar refractivity (Wildman–Crippen MR) is 86.6 cm³/mol. The highest BCUT2D eigenvalue weighted by molar-refractivity contribution is 7.71. The molecule has 2 heterocycles. The van der Waals surface area contributed by atoms with Gasteiger partial charge in [0.05, 0.1) is 19.0 Å². The van der Waals surface area contributed by atoms with Crippen molar-refractivity contribution in [2.75, 3.05) is 0 Å². The Morgan fingerprint density at radius 1 is 1.32 bits per heavy atom. The molecule has 0 aliphatic heterocycles. The lowest BCUT2D eigenvalue weighted by Crippen LogP contribution is -2.14. The first-order chi connectivity index (χ1) is 10.8. The van der Waals surface area contributed by atoms with E-state index in [9.17, 15) is 0 Å². The highest BCUT2D eigenvalue weighted by Gasteiger charge is 2.22. The summed E-state index contributed by atoms with van der Waals surface area (Å²) >= 11 is 5.64. The minimum Gasteiger partial charge on any atom is -0.297 e. The van der Waals surface area contributed by atoms with E-state index in [4.69, 9.17) is 17.5 Å². The maximum absolute atomic E-state index is 8.82. The van der Waals surface area contributed by atoms with Gasteiger partial charge in [-0.3, -0.25) is 9.55 Å². The van der Waals surface area contributed by atoms with Gasteiger partial charge in [-0.05, 0) is 37.2 Å². The number of nitrogens with zero attached hydrogens (tertiary/aromatic N) is 5. The van der Waals surface area contributed by atoms with E-state index in [-0.39, 0.29) is 0 Å². The van der Waals surface area contributed by atoms with Gasteiger partial charge in [-0.25, -0.2) is 4.68 Å². The minimum atomic E-state index is 0.410. The van der Waals surface area contributed by atoms with Crippen molar-refractivity contribution in [2.45, 2.75) is 51.1 Å².